The molecule has 8 nitrogen and oxygen atoms in total. The Labute approximate surface area is 170 Å². The van der Waals surface area contributed by atoms with Crippen LogP contribution in [0.2, 0.25) is 0 Å². The zero-order chi connectivity index (χ0) is 20.3. The van der Waals surface area contributed by atoms with Crippen molar-refractivity contribution in [2.24, 2.45) is 5.41 Å². The number of aryl methyl sites for hydroxylation is 1. The molecule has 4 rings (SSSR count). The van der Waals surface area contributed by atoms with E-state index in [9.17, 15) is 9.59 Å². The van der Waals surface area contributed by atoms with Crippen molar-refractivity contribution in [2.75, 3.05) is 31.1 Å². The van der Waals surface area contributed by atoms with Gasteiger partial charge in [0.25, 0.3) is 0 Å². The summed E-state index contributed by atoms with van der Waals surface area (Å²) in [7, 11) is 0. The van der Waals surface area contributed by atoms with E-state index in [0.29, 0.717) is 6.42 Å². The molecule has 2 fully saturated rings. The number of amides is 1. The van der Waals surface area contributed by atoms with E-state index in [-0.39, 0.29) is 16.9 Å². The van der Waals surface area contributed by atoms with Crippen LogP contribution in [0.4, 0.5) is 5.82 Å². The van der Waals surface area contributed by atoms with Crippen LogP contribution in [0.15, 0.2) is 37.1 Å². The molecule has 1 spiro atoms. The number of carboxylic acids is 1. The van der Waals surface area contributed by atoms with Crippen molar-refractivity contribution >= 4 is 17.7 Å². The smallest absolute Gasteiger partial charge is 0.337 e. The maximum atomic E-state index is 12.4. The molecular formula is C21H27N5O3. The van der Waals surface area contributed by atoms with E-state index in [2.05, 4.69) is 19.8 Å². The number of hydrogen-bond donors (Lipinski definition) is 1. The SMILES string of the molecule is O=C(O)c1ccc(N2CCC3(CCC(=O)N(CCCn4ccnc4)C3)CC2)nc1. The molecule has 2 saturated heterocycles. The third-order valence-electron chi connectivity index (χ3n) is 6.29. The van der Waals surface area contributed by atoms with Gasteiger partial charge in [-0.05, 0) is 43.2 Å². The molecule has 1 N–H and O–H groups in total. The molecule has 2 aromatic heterocycles. The summed E-state index contributed by atoms with van der Waals surface area (Å²) in [5.41, 5.74) is 0.403. The Hall–Kier alpha value is -2.90. The summed E-state index contributed by atoms with van der Waals surface area (Å²) in [6.07, 6.45) is 11.5. The number of aromatic nitrogens is 3. The molecular weight excluding hydrogens is 370 g/mol. The van der Waals surface area contributed by atoms with Crippen LogP contribution in [0.3, 0.4) is 0 Å². The van der Waals surface area contributed by atoms with E-state index in [1.165, 1.54) is 6.20 Å². The molecule has 8 heteroatoms. The van der Waals surface area contributed by atoms with Gasteiger partial charge >= 0.3 is 5.97 Å². The second-order valence-electron chi connectivity index (χ2n) is 8.17. The maximum absolute atomic E-state index is 12.4. The van der Waals surface area contributed by atoms with Gasteiger partial charge in [-0.2, -0.15) is 0 Å². The molecule has 0 unspecified atom stereocenters. The minimum absolute atomic E-state index is 0.195. The molecule has 0 bridgehead atoms. The summed E-state index contributed by atoms with van der Waals surface area (Å²) in [6, 6.07) is 3.39. The lowest BCUT2D eigenvalue weighted by atomic mass is 9.72. The molecule has 0 aliphatic carbocycles. The number of piperidine rings is 2. The maximum Gasteiger partial charge on any atom is 0.337 e. The number of aromatic carboxylic acids is 1. The monoisotopic (exact) mass is 397 g/mol. The number of carbonyl (C=O) groups is 2. The third-order valence-corrected chi connectivity index (χ3v) is 6.29. The lowest BCUT2D eigenvalue weighted by molar-refractivity contribution is -0.138. The van der Waals surface area contributed by atoms with Gasteiger partial charge in [-0.1, -0.05) is 0 Å². The van der Waals surface area contributed by atoms with E-state index in [4.69, 9.17) is 5.11 Å². The number of rotatable bonds is 6. The molecule has 0 radical (unpaired) electrons. The predicted octanol–water partition coefficient (Wildman–Crippen LogP) is 2.28. The Morgan fingerprint density at radius 3 is 2.66 bits per heavy atom. The summed E-state index contributed by atoms with van der Waals surface area (Å²) < 4.78 is 2.05. The fourth-order valence-corrected chi connectivity index (χ4v) is 4.49. The lowest BCUT2D eigenvalue weighted by Gasteiger charge is -2.47. The van der Waals surface area contributed by atoms with Crippen molar-refractivity contribution in [1.29, 1.82) is 0 Å². The number of hydrogen-bond acceptors (Lipinski definition) is 5. The number of carboxylic acid groups (broad SMARTS) is 1. The van der Waals surface area contributed by atoms with Crippen LogP contribution in [0, 0.1) is 5.41 Å². The van der Waals surface area contributed by atoms with Gasteiger partial charge in [0, 0.05) is 57.7 Å². The second-order valence-corrected chi connectivity index (χ2v) is 8.17. The van der Waals surface area contributed by atoms with E-state index in [1.54, 1.807) is 18.3 Å². The van der Waals surface area contributed by atoms with Gasteiger partial charge in [-0.3, -0.25) is 4.79 Å². The first-order valence-corrected chi connectivity index (χ1v) is 10.2. The zero-order valence-corrected chi connectivity index (χ0v) is 16.5. The van der Waals surface area contributed by atoms with Crippen molar-refractivity contribution in [1.82, 2.24) is 19.4 Å². The Morgan fingerprint density at radius 1 is 1.17 bits per heavy atom. The molecule has 2 aromatic rings. The highest BCUT2D eigenvalue weighted by atomic mass is 16.4. The second kappa shape index (κ2) is 8.23. The minimum Gasteiger partial charge on any atom is -0.478 e. The van der Waals surface area contributed by atoms with Crippen molar-refractivity contribution in [3.05, 3.63) is 42.6 Å². The quantitative estimate of drug-likeness (QED) is 0.804. The largest absolute Gasteiger partial charge is 0.478 e. The van der Waals surface area contributed by atoms with Crippen molar-refractivity contribution in [3.8, 4) is 0 Å². The minimum atomic E-state index is -0.957. The standard InChI is InChI=1S/C21H27N5O3/c27-19-4-5-21(15-26(19)10-1-9-24-13-8-22-16-24)6-11-25(12-7-21)18-3-2-17(14-23-18)20(28)29/h2-3,8,13-14,16H,1,4-7,9-12,15H2,(H,28,29). The fraction of sp³-hybridized carbons (Fsp3) is 0.524. The van der Waals surface area contributed by atoms with Crippen LogP contribution in [-0.2, 0) is 11.3 Å². The molecule has 4 heterocycles. The summed E-state index contributed by atoms with van der Waals surface area (Å²) in [6.45, 7) is 4.28. The first kappa shape index (κ1) is 19.4. The van der Waals surface area contributed by atoms with Gasteiger partial charge in [0.05, 0.1) is 11.9 Å². The Balaban J connectivity index is 1.32. The van der Waals surface area contributed by atoms with Gasteiger partial charge in [-0.15, -0.1) is 0 Å². The first-order valence-electron chi connectivity index (χ1n) is 10.2. The van der Waals surface area contributed by atoms with Crippen LogP contribution in [0.25, 0.3) is 0 Å². The first-order chi connectivity index (χ1) is 14.0. The van der Waals surface area contributed by atoms with Crippen LogP contribution in [0.5, 0.6) is 0 Å². The van der Waals surface area contributed by atoms with Gasteiger partial charge in [0.15, 0.2) is 0 Å². The van der Waals surface area contributed by atoms with Crippen LogP contribution >= 0.6 is 0 Å². The number of pyridine rings is 1. The molecule has 154 valence electrons. The summed E-state index contributed by atoms with van der Waals surface area (Å²) in [4.78, 5) is 36.1. The van der Waals surface area contributed by atoms with Crippen LogP contribution in [-0.4, -0.2) is 62.6 Å². The number of likely N-dealkylation sites (tertiary alicyclic amines) is 1. The number of nitrogens with zero attached hydrogens (tertiary/aromatic N) is 5. The van der Waals surface area contributed by atoms with Gasteiger partial charge < -0.3 is 19.5 Å². The van der Waals surface area contributed by atoms with E-state index >= 15 is 0 Å². The zero-order valence-electron chi connectivity index (χ0n) is 16.5. The highest BCUT2D eigenvalue weighted by molar-refractivity contribution is 5.87. The van der Waals surface area contributed by atoms with Crippen molar-refractivity contribution < 1.29 is 14.7 Å². The molecule has 0 aromatic carbocycles. The number of carbonyl (C=O) groups excluding carboxylic acids is 1. The fourth-order valence-electron chi connectivity index (χ4n) is 4.49. The highest BCUT2D eigenvalue weighted by Gasteiger charge is 2.40. The average Bonchev–Trinajstić information content (AvgIpc) is 3.25. The average molecular weight is 397 g/mol. The third kappa shape index (κ3) is 4.41. The lowest BCUT2D eigenvalue weighted by Crippen LogP contribution is -2.51. The van der Waals surface area contributed by atoms with Crippen molar-refractivity contribution in [2.45, 2.75) is 38.6 Å². The number of imidazole rings is 1. The molecule has 1 amide bonds. The van der Waals surface area contributed by atoms with Gasteiger partial charge in [-0.25, -0.2) is 14.8 Å². The van der Waals surface area contributed by atoms with E-state index in [1.807, 2.05) is 17.1 Å². The van der Waals surface area contributed by atoms with E-state index in [0.717, 1.165) is 64.2 Å². The van der Waals surface area contributed by atoms with Gasteiger partial charge in [0.2, 0.25) is 5.91 Å². The molecule has 0 atom stereocenters. The summed E-state index contributed by atoms with van der Waals surface area (Å²) >= 11 is 0. The topological polar surface area (TPSA) is 91.6 Å². The summed E-state index contributed by atoms with van der Waals surface area (Å²) in [5.74, 6) is 0.144. The van der Waals surface area contributed by atoms with Crippen LogP contribution in [0.1, 0.15) is 42.5 Å². The normalized spacial score (nSPS) is 19.0. The Morgan fingerprint density at radius 2 is 2.00 bits per heavy atom. The van der Waals surface area contributed by atoms with E-state index < -0.39 is 5.97 Å². The van der Waals surface area contributed by atoms with Crippen LogP contribution < -0.4 is 4.90 Å². The number of anilines is 1. The Kier molecular flexibility index (Phi) is 5.51. The molecule has 2 aliphatic rings. The molecule has 29 heavy (non-hydrogen) atoms. The molecule has 0 saturated carbocycles. The van der Waals surface area contributed by atoms with Gasteiger partial charge in [0.1, 0.15) is 5.82 Å². The molecule has 2 aliphatic heterocycles. The Bertz CT molecular complexity index is 842. The van der Waals surface area contributed by atoms with Crippen molar-refractivity contribution in [3.63, 3.8) is 0 Å². The highest BCUT2D eigenvalue weighted by Crippen LogP contribution is 2.41. The predicted molar refractivity (Wildman–Crippen MR) is 108 cm³/mol. The summed E-state index contributed by atoms with van der Waals surface area (Å²) in [5, 5.41) is 9.02.